The van der Waals surface area contributed by atoms with Crippen LogP contribution in [0.4, 0.5) is 0 Å². The third kappa shape index (κ3) is 3.92. The maximum atomic E-state index is 13.0. The van der Waals surface area contributed by atoms with Crippen LogP contribution in [0.1, 0.15) is 33.3 Å². The largest absolute Gasteiger partial charge is 0.418 e. The fraction of sp³-hybridized carbons (Fsp3) is 0.0455. The third-order valence-corrected chi connectivity index (χ3v) is 3.84. The number of esters is 1. The van der Waals surface area contributed by atoms with Gasteiger partial charge in [0.15, 0.2) is 5.76 Å². The number of allylic oxidation sites excluding steroid dienone is 2. The fourth-order valence-electron chi connectivity index (χ4n) is 2.44. The topological polar surface area (TPSA) is 56.3 Å². The summed E-state index contributed by atoms with van der Waals surface area (Å²) in [6.07, 6.45) is 1.63. The van der Waals surface area contributed by atoms with E-state index in [1.807, 2.05) is 18.2 Å². The summed E-state index contributed by atoms with van der Waals surface area (Å²) < 4.78 is 5.52. The van der Waals surface area contributed by atoms with Gasteiger partial charge in [-0.25, -0.2) is 4.79 Å². The van der Waals surface area contributed by atoms with E-state index in [4.69, 9.17) is 4.74 Å². The summed E-state index contributed by atoms with van der Waals surface area (Å²) in [4.78, 5) is 29.7. The molecule has 4 nitrogen and oxygen atoms in total. The van der Waals surface area contributed by atoms with Crippen LogP contribution in [-0.2, 0) is 4.74 Å². The number of ether oxygens (including phenoxy) is 1. The van der Waals surface area contributed by atoms with Crippen LogP contribution >= 0.6 is 0 Å². The molecular weight excluding hydrogens is 326 g/mol. The molecule has 0 radical (unpaired) electrons. The molecule has 3 rings (SSSR count). The molecule has 26 heavy (non-hydrogen) atoms. The van der Waals surface area contributed by atoms with E-state index >= 15 is 0 Å². The average Bonchev–Trinajstić information content (AvgIpc) is 2.73. The lowest BCUT2D eigenvalue weighted by Gasteiger charge is -2.12. The van der Waals surface area contributed by atoms with Crippen molar-refractivity contribution in [3.8, 4) is 0 Å². The Bertz CT molecular complexity index is 933. The molecule has 0 N–H and O–H groups in total. The van der Waals surface area contributed by atoms with Gasteiger partial charge in [0.1, 0.15) is 0 Å². The second-order valence-electron chi connectivity index (χ2n) is 5.62. The summed E-state index contributed by atoms with van der Waals surface area (Å²) in [5, 5.41) is 0. The Labute approximate surface area is 151 Å². The van der Waals surface area contributed by atoms with Crippen molar-refractivity contribution in [1.82, 2.24) is 4.98 Å². The van der Waals surface area contributed by atoms with Gasteiger partial charge >= 0.3 is 5.97 Å². The van der Waals surface area contributed by atoms with Gasteiger partial charge in [0, 0.05) is 17.3 Å². The van der Waals surface area contributed by atoms with Crippen LogP contribution in [0.2, 0.25) is 0 Å². The number of aromatic nitrogens is 1. The van der Waals surface area contributed by atoms with Gasteiger partial charge in [0.2, 0.25) is 5.78 Å². The second-order valence-corrected chi connectivity index (χ2v) is 5.62. The minimum Gasteiger partial charge on any atom is -0.418 e. The summed E-state index contributed by atoms with van der Waals surface area (Å²) in [5.74, 6) is -0.970. The first-order valence-electron chi connectivity index (χ1n) is 8.16. The van der Waals surface area contributed by atoms with Crippen LogP contribution < -0.4 is 0 Å². The van der Waals surface area contributed by atoms with Crippen molar-refractivity contribution < 1.29 is 14.3 Å². The SMILES string of the molecule is C/C(=C(\OC(=O)c1ccccc1)C(=O)c1ccccc1)c1ccccn1. The summed E-state index contributed by atoms with van der Waals surface area (Å²) in [5.41, 5.74) is 1.90. The standard InChI is InChI=1S/C22H17NO3/c1-16(19-14-8-9-15-23-19)21(20(24)17-10-4-2-5-11-17)26-22(25)18-12-6-3-7-13-18/h2-15H,1H3/b21-16+. The smallest absolute Gasteiger partial charge is 0.343 e. The predicted octanol–water partition coefficient (Wildman–Crippen LogP) is 4.55. The van der Waals surface area contributed by atoms with Crippen molar-refractivity contribution >= 4 is 17.3 Å². The lowest BCUT2D eigenvalue weighted by Crippen LogP contribution is -2.14. The van der Waals surface area contributed by atoms with Crippen LogP contribution in [0.5, 0.6) is 0 Å². The van der Waals surface area contributed by atoms with Crippen LogP contribution in [-0.4, -0.2) is 16.7 Å². The number of pyridine rings is 1. The molecule has 0 atom stereocenters. The minimum atomic E-state index is -0.583. The van der Waals surface area contributed by atoms with E-state index in [0.717, 1.165) is 0 Å². The van der Waals surface area contributed by atoms with E-state index in [9.17, 15) is 9.59 Å². The molecule has 0 aliphatic carbocycles. The van der Waals surface area contributed by atoms with Crippen LogP contribution in [0.25, 0.3) is 5.57 Å². The van der Waals surface area contributed by atoms with Crippen molar-refractivity contribution in [2.24, 2.45) is 0 Å². The van der Waals surface area contributed by atoms with E-state index in [1.54, 1.807) is 73.8 Å². The molecule has 3 aromatic rings. The van der Waals surface area contributed by atoms with E-state index in [1.165, 1.54) is 0 Å². The van der Waals surface area contributed by atoms with Crippen molar-refractivity contribution in [3.63, 3.8) is 0 Å². The fourth-order valence-corrected chi connectivity index (χ4v) is 2.44. The molecule has 0 aliphatic rings. The number of Topliss-reactive ketones (excluding diaryl/α,β-unsaturated/α-hetero) is 1. The zero-order valence-corrected chi connectivity index (χ0v) is 14.3. The Balaban J connectivity index is 2.02. The average molecular weight is 343 g/mol. The molecule has 4 heteroatoms. The van der Waals surface area contributed by atoms with Crippen molar-refractivity contribution in [2.45, 2.75) is 6.92 Å². The van der Waals surface area contributed by atoms with Gasteiger partial charge in [-0.3, -0.25) is 9.78 Å². The molecule has 0 fully saturated rings. The number of nitrogens with zero attached hydrogens (tertiary/aromatic N) is 1. The molecule has 128 valence electrons. The first-order valence-corrected chi connectivity index (χ1v) is 8.16. The lowest BCUT2D eigenvalue weighted by atomic mass is 10.0. The Morgan fingerprint density at radius 1 is 0.769 bits per heavy atom. The highest BCUT2D eigenvalue weighted by atomic mass is 16.5. The van der Waals surface area contributed by atoms with Gasteiger partial charge in [-0.1, -0.05) is 54.6 Å². The normalized spacial score (nSPS) is 11.4. The Morgan fingerprint density at radius 2 is 1.35 bits per heavy atom. The predicted molar refractivity (Wildman–Crippen MR) is 99.5 cm³/mol. The third-order valence-electron chi connectivity index (χ3n) is 3.84. The Hall–Kier alpha value is -3.53. The lowest BCUT2D eigenvalue weighted by molar-refractivity contribution is 0.0591. The summed E-state index contributed by atoms with van der Waals surface area (Å²) in [6.45, 7) is 1.72. The molecule has 0 bridgehead atoms. The molecule has 0 unspecified atom stereocenters. The minimum absolute atomic E-state index is 0.0243. The summed E-state index contributed by atoms with van der Waals surface area (Å²) >= 11 is 0. The van der Waals surface area contributed by atoms with Crippen molar-refractivity contribution in [2.75, 3.05) is 0 Å². The molecule has 0 spiro atoms. The quantitative estimate of drug-likeness (QED) is 0.295. The van der Waals surface area contributed by atoms with Crippen molar-refractivity contribution in [1.29, 1.82) is 0 Å². The van der Waals surface area contributed by atoms with Crippen LogP contribution in [0.3, 0.4) is 0 Å². The monoisotopic (exact) mass is 343 g/mol. The van der Waals surface area contributed by atoms with Crippen molar-refractivity contribution in [3.05, 3.63) is 108 Å². The molecular formula is C22H17NO3. The number of hydrogen-bond acceptors (Lipinski definition) is 4. The van der Waals surface area contributed by atoms with E-state index in [2.05, 4.69) is 4.98 Å². The van der Waals surface area contributed by atoms with Crippen LogP contribution in [0.15, 0.2) is 90.8 Å². The molecule has 1 heterocycles. The van der Waals surface area contributed by atoms with Gasteiger partial charge in [-0.05, 0) is 31.2 Å². The van der Waals surface area contributed by atoms with E-state index < -0.39 is 5.97 Å². The highest BCUT2D eigenvalue weighted by Gasteiger charge is 2.22. The number of carbonyl (C=O) groups excluding carboxylic acids is 2. The zero-order chi connectivity index (χ0) is 18.4. The van der Waals surface area contributed by atoms with Crippen LogP contribution in [0, 0.1) is 0 Å². The molecule has 2 aromatic carbocycles. The summed E-state index contributed by atoms with van der Waals surface area (Å²) in [7, 11) is 0. The molecule has 1 aromatic heterocycles. The Kier molecular flexibility index (Phi) is 5.34. The van der Waals surface area contributed by atoms with Gasteiger partial charge in [0.25, 0.3) is 0 Å². The van der Waals surface area contributed by atoms with Gasteiger partial charge in [-0.15, -0.1) is 0 Å². The van der Waals surface area contributed by atoms with Gasteiger partial charge in [-0.2, -0.15) is 0 Å². The first kappa shape index (κ1) is 17.3. The first-order chi connectivity index (χ1) is 12.7. The number of hydrogen-bond donors (Lipinski definition) is 0. The molecule has 0 saturated carbocycles. The maximum absolute atomic E-state index is 13.0. The van der Waals surface area contributed by atoms with E-state index in [-0.39, 0.29) is 11.5 Å². The second kappa shape index (κ2) is 8.03. The number of rotatable bonds is 5. The van der Waals surface area contributed by atoms with E-state index in [0.29, 0.717) is 22.4 Å². The Morgan fingerprint density at radius 3 is 1.92 bits per heavy atom. The maximum Gasteiger partial charge on any atom is 0.343 e. The van der Waals surface area contributed by atoms with Gasteiger partial charge in [0.05, 0.1) is 11.3 Å². The highest BCUT2D eigenvalue weighted by molar-refractivity contribution is 6.13. The molecule has 0 saturated heterocycles. The number of ketones is 1. The van der Waals surface area contributed by atoms with Gasteiger partial charge < -0.3 is 4.74 Å². The zero-order valence-electron chi connectivity index (χ0n) is 14.3. The molecule has 0 amide bonds. The number of carbonyl (C=O) groups is 2. The number of benzene rings is 2. The molecule has 0 aliphatic heterocycles. The highest BCUT2D eigenvalue weighted by Crippen LogP contribution is 2.22. The summed E-state index contributed by atoms with van der Waals surface area (Å²) in [6, 6.07) is 22.7.